The number of benzene rings is 1. The van der Waals surface area contributed by atoms with Crippen molar-refractivity contribution in [1.29, 1.82) is 0 Å². The molecule has 0 saturated carbocycles. The molecule has 0 bridgehead atoms. The van der Waals surface area contributed by atoms with Crippen LogP contribution in [0.1, 0.15) is 19.8 Å². The van der Waals surface area contributed by atoms with Gasteiger partial charge < -0.3 is 0 Å². The number of carbonyl (C=O) groups is 3. The van der Waals surface area contributed by atoms with E-state index < -0.39 is 0 Å². The molecule has 21 heavy (non-hydrogen) atoms. The number of anilines is 2. The zero-order chi connectivity index (χ0) is 14.7. The number of halogens is 1. The van der Waals surface area contributed by atoms with Gasteiger partial charge in [0.2, 0.25) is 5.91 Å². The first-order valence-electron chi connectivity index (χ1n) is 6.28. The van der Waals surface area contributed by atoms with Crippen LogP contribution in [-0.2, 0) is 14.4 Å². The second kappa shape index (κ2) is 7.01. The SMILES string of the molecule is CCCC(=O)N(N)c1ccc(N2C(=O)C=CC2=O)cc1.Cl. The summed E-state index contributed by atoms with van der Waals surface area (Å²) in [5.74, 6) is 4.76. The molecular weight excluding hydrogens is 294 g/mol. The maximum absolute atomic E-state index is 11.7. The zero-order valence-corrected chi connectivity index (χ0v) is 12.3. The number of imide groups is 1. The summed E-state index contributed by atoms with van der Waals surface area (Å²) in [4.78, 5) is 35.8. The lowest BCUT2D eigenvalue weighted by molar-refractivity contribution is -0.120. The third-order valence-electron chi connectivity index (χ3n) is 2.93. The molecule has 6 nitrogen and oxygen atoms in total. The summed E-state index contributed by atoms with van der Waals surface area (Å²) in [5, 5.41) is 1.07. The summed E-state index contributed by atoms with van der Waals surface area (Å²) < 4.78 is 0. The van der Waals surface area contributed by atoms with Crippen LogP contribution in [0, 0.1) is 0 Å². The van der Waals surface area contributed by atoms with Crippen LogP contribution in [0.15, 0.2) is 36.4 Å². The van der Waals surface area contributed by atoms with Gasteiger partial charge in [-0.2, -0.15) is 0 Å². The zero-order valence-electron chi connectivity index (χ0n) is 11.5. The Morgan fingerprint density at radius 2 is 1.67 bits per heavy atom. The van der Waals surface area contributed by atoms with Crippen LogP contribution in [0.3, 0.4) is 0 Å². The summed E-state index contributed by atoms with van der Waals surface area (Å²) >= 11 is 0. The molecule has 0 radical (unpaired) electrons. The van der Waals surface area contributed by atoms with Crippen molar-refractivity contribution in [3.63, 3.8) is 0 Å². The minimum Gasteiger partial charge on any atom is -0.273 e. The van der Waals surface area contributed by atoms with Gasteiger partial charge in [0, 0.05) is 18.6 Å². The molecule has 7 heteroatoms. The molecule has 3 amide bonds. The monoisotopic (exact) mass is 309 g/mol. The largest absolute Gasteiger partial charge is 0.273 e. The molecule has 0 fully saturated rings. The number of nitrogens with zero attached hydrogens (tertiary/aromatic N) is 2. The van der Waals surface area contributed by atoms with E-state index in [0.717, 1.165) is 9.91 Å². The number of carbonyl (C=O) groups excluding carboxylic acids is 3. The van der Waals surface area contributed by atoms with Crippen molar-refractivity contribution in [3.05, 3.63) is 36.4 Å². The van der Waals surface area contributed by atoms with Crippen molar-refractivity contribution in [2.24, 2.45) is 5.84 Å². The molecule has 2 N–H and O–H groups in total. The minimum atomic E-state index is -0.380. The highest BCUT2D eigenvalue weighted by Crippen LogP contribution is 2.22. The Hall–Kier alpha value is -2.18. The Kier molecular flexibility index (Phi) is 5.63. The fraction of sp³-hybridized carbons (Fsp3) is 0.214. The van der Waals surface area contributed by atoms with Gasteiger partial charge in [-0.25, -0.2) is 15.8 Å². The molecule has 1 aromatic carbocycles. The van der Waals surface area contributed by atoms with E-state index in [-0.39, 0.29) is 30.1 Å². The quantitative estimate of drug-likeness (QED) is 0.396. The van der Waals surface area contributed by atoms with Crippen molar-refractivity contribution in [1.82, 2.24) is 0 Å². The normalized spacial score (nSPS) is 13.3. The molecule has 0 saturated heterocycles. The lowest BCUT2D eigenvalue weighted by Gasteiger charge is -2.18. The Labute approximate surface area is 128 Å². The summed E-state index contributed by atoms with van der Waals surface area (Å²) in [6.45, 7) is 1.90. The molecule has 1 aliphatic heterocycles. The minimum absolute atomic E-state index is 0. The average Bonchev–Trinajstić information content (AvgIpc) is 2.78. The standard InChI is InChI=1S/C14H15N3O3.ClH/c1-2-3-14(20)17(15)11-6-4-10(5-7-11)16-12(18)8-9-13(16)19;/h4-9H,2-3,15H2,1H3;1H. The molecule has 112 valence electrons. The molecule has 1 aromatic rings. The topological polar surface area (TPSA) is 83.7 Å². The van der Waals surface area contributed by atoms with Gasteiger partial charge >= 0.3 is 0 Å². The van der Waals surface area contributed by atoms with Crippen LogP contribution in [0.2, 0.25) is 0 Å². The van der Waals surface area contributed by atoms with E-state index in [0.29, 0.717) is 24.2 Å². The van der Waals surface area contributed by atoms with Crippen LogP contribution in [0.25, 0.3) is 0 Å². The maximum atomic E-state index is 11.7. The molecule has 1 aliphatic rings. The molecule has 0 aliphatic carbocycles. The molecule has 2 rings (SSSR count). The lowest BCUT2D eigenvalue weighted by Crippen LogP contribution is -2.37. The average molecular weight is 310 g/mol. The predicted molar refractivity (Wildman–Crippen MR) is 81.9 cm³/mol. The third-order valence-corrected chi connectivity index (χ3v) is 2.93. The highest BCUT2D eigenvalue weighted by molar-refractivity contribution is 6.28. The van der Waals surface area contributed by atoms with Crippen LogP contribution in [0.4, 0.5) is 11.4 Å². The molecule has 0 aromatic heterocycles. The van der Waals surface area contributed by atoms with Crippen LogP contribution >= 0.6 is 12.4 Å². The second-order valence-electron chi connectivity index (χ2n) is 4.38. The summed E-state index contributed by atoms with van der Waals surface area (Å²) in [5.41, 5.74) is 0.962. The van der Waals surface area contributed by atoms with E-state index >= 15 is 0 Å². The van der Waals surface area contributed by atoms with E-state index in [1.165, 1.54) is 12.2 Å². The van der Waals surface area contributed by atoms with E-state index in [9.17, 15) is 14.4 Å². The lowest BCUT2D eigenvalue weighted by atomic mass is 10.2. The van der Waals surface area contributed by atoms with Crippen LogP contribution in [-0.4, -0.2) is 17.7 Å². The molecular formula is C14H16ClN3O3. The Balaban J connectivity index is 0.00000220. The van der Waals surface area contributed by atoms with Gasteiger partial charge in [-0.05, 0) is 30.7 Å². The van der Waals surface area contributed by atoms with Gasteiger partial charge in [0.1, 0.15) is 0 Å². The van der Waals surface area contributed by atoms with E-state index in [1.54, 1.807) is 24.3 Å². The molecule has 0 unspecified atom stereocenters. The summed E-state index contributed by atoms with van der Waals surface area (Å²) in [6.07, 6.45) is 3.52. The fourth-order valence-corrected chi connectivity index (χ4v) is 1.90. The number of nitrogens with two attached hydrogens (primary N) is 1. The van der Waals surface area contributed by atoms with E-state index in [2.05, 4.69) is 0 Å². The number of hydrazine groups is 1. The predicted octanol–water partition coefficient (Wildman–Crippen LogP) is 1.54. The maximum Gasteiger partial charge on any atom is 0.258 e. The highest BCUT2D eigenvalue weighted by Gasteiger charge is 2.25. The second-order valence-corrected chi connectivity index (χ2v) is 4.38. The smallest absolute Gasteiger partial charge is 0.258 e. The van der Waals surface area contributed by atoms with Crippen molar-refractivity contribution >= 4 is 41.5 Å². The van der Waals surface area contributed by atoms with Crippen LogP contribution < -0.4 is 15.8 Å². The highest BCUT2D eigenvalue weighted by atomic mass is 35.5. The van der Waals surface area contributed by atoms with Gasteiger partial charge in [0.15, 0.2) is 0 Å². The first-order valence-corrected chi connectivity index (χ1v) is 6.28. The van der Waals surface area contributed by atoms with Crippen molar-refractivity contribution in [2.45, 2.75) is 19.8 Å². The van der Waals surface area contributed by atoms with E-state index in [4.69, 9.17) is 5.84 Å². The van der Waals surface area contributed by atoms with Gasteiger partial charge in [-0.1, -0.05) is 6.92 Å². The van der Waals surface area contributed by atoms with Crippen molar-refractivity contribution in [2.75, 3.05) is 9.91 Å². The first kappa shape index (κ1) is 16.9. The van der Waals surface area contributed by atoms with Gasteiger partial charge in [0.25, 0.3) is 11.8 Å². The number of rotatable bonds is 4. The first-order chi connectivity index (χ1) is 9.54. The van der Waals surface area contributed by atoms with Gasteiger partial charge in [-0.15, -0.1) is 12.4 Å². The van der Waals surface area contributed by atoms with Gasteiger partial charge in [0.05, 0.1) is 11.4 Å². The Bertz CT molecular complexity index is 566. The van der Waals surface area contributed by atoms with Crippen LogP contribution in [0.5, 0.6) is 0 Å². The number of hydrogen-bond donors (Lipinski definition) is 1. The number of amides is 3. The molecule has 1 heterocycles. The van der Waals surface area contributed by atoms with E-state index in [1.807, 2.05) is 6.92 Å². The van der Waals surface area contributed by atoms with Crippen molar-refractivity contribution in [3.8, 4) is 0 Å². The summed E-state index contributed by atoms with van der Waals surface area (Å²) in [7, 11) is 0. The van der Waals surface area contributed by atoms with Gasteiger partial charge in [-0.3, -0.25) is 14.4 Å². The fourth-order valence-electron chi connectivity index (χ4n) is 1.90. The Morgan fingerprint density at radius 1 is 1.14 bits per heavy atom. The Morgan fingerprint density at radius 3 is 2.14 bits per heavy atom. The molecule has 0 spiro atoms. The third kappa shape index (κ3) is 3.48. The van der Waals surface area contributed by atoms with Crippen molar-refractivity contribution < 1.29 is 14.4 Å². The number of hydrogen-bond acceptors (Lipinski definition) is 4. The summed E-state index contributed by atoms with van der Waals surface area (Å²) in [6, 6.07) is 6.36. The molecule has 0 atom stereocenters.